The fourth-order valence-electron chi connectivity index (χ4n) is 3.34. The third kappa shape index (κ3) is 2.31. The van der Waals surface area contributed by atoms with Crippen molar-refractivity contribution in [1.29, 1.82) is 5.26 Å². The molecule has 3 heteroatoms. The van der Waals surface area contributed by atoms with Gasteiger partial charge in [-0.05, 0) is 43.4 Å². The maximum atomic E-state index is 12.2. The van der Waals surface area contributed by atoms with Crippen molar-refractivity contribution in [3.8, 4) is 6.07 Å². The van der Waals surface area contributed by atoms with Gasteiger partial charge in [0.1, 0.15) is 5.41 Å². The lowest BCUT2D eigenvalue weighted by molar-refractivity contribution is -0.134. The molecule has 0 bridgehead atoms. The average molecular weight is 234 g/mol. The van der Waals surface area contributed by atoms with Gasteiger partial charge in [-0.3, -0.25) is 4.79 Å². The molecule has 2 saturated carbocycles. The van der Waals surface area contributed by atoms with E-state index in [1.54, 1.807) is 0 Å². The molecular formula is C14H22N2O. The van der Waals surface area contributed by atoms with Crippen LogP contribution in [0.3, 0.4) is 0 Å². The molecule has 2 aliphatic carbocycles. The largest absolute Gasteiger partial charge is 0.352 e. The van der Waals surface area contributed by atoms with E-state index < -0.39 is 5.41 Å². The third-order valence-electron chi connectivity index (χ3n) is 4.35. The molecule has 0 aliphatic heterocycles. The molecule has 0 saturated heterocycles. The Balaban J connectivity index is 1.92. The van der Waals surface area contributed by atoms with E-state index in [4.69, 9.17) is 0 Å². The molecule has 1 unspecified atom stereocenters. The van der Waals surface area contributed by atoms with E-state index in [1.807, 2.05) is 0 Å². The van der Waals surface area contributed by atoms with E-state index in [0.29, 0.717) is 11.3 Å². The quantitative estimate of drug-likeness (QED) is 0.798. The van der Waals surface area contributed by atoms with Crippen LogP contribution in [0.4, 0.5) is 0 Å². The molecular weight excluding hydrogens is 212 g/mol. The predicted molar refractivity (Wildman–Crippen MR) is 66.0 cm³/mol. The molecule has 3 nitrogen and oxygen atoms in total. The average Bonchev–Trinajstić information content (AvgIpc) is 2.52. The van der Waals surface area contributed by atoms with Crippen molar-refractivity contribution in [3.05, 3.63) is 0 Å². The molecule has 17 heavy (non-hydrogen) atoms. The van der Waals surface area contributed by atoms with Gasteiger partial charge in [-0.15, -0.1) is 0 Å². The molecule has 0 heterocycles. The Kier molecular flexibility index (Phi) is 2.93. The molecule has 94 valence electrons. The van der Waals surface area contributed by atoms with Crippen LogP contribution in [0.2, 0.25) is 0 Å². The summed E-state index contributed by atoms with van der Waals surface area (Å²) >= 11 is 0. The van der Waals surface area contributed by atoms with Gasteiger partial charge < -0.3 is 5.32 Å². The standard InChI is InChI=1S/C14H22N2O/c1-10-6-14(7-10,9-15)12(17)16-11-4-5-13(2,3)8-11/h10-11H,4-8H2,1-3H3,(H,16,17). The summed E-state index contributed by atoms with van der Waals surface area (Å²) in [6.45, 7) is 6.58. The highest BCUT2D eigenvalue weighted by Crippen LogP contribution is 2.45. The predicted octanol–water partition coefficient (Wildman–Crippen LogP) is 2.62. The molecule has 2 aliphatic rings. The number of carbonyl (C=O) groups excluding carboxylic acids is 1. The van der Waals surface area contributed by atoms with Gasteiger partial charge in [-0.2, -0.15) is 5.26 Å². The van der Waals surface area contributed by atoms with Crippen LogP contribution < -0.4 is 5.32 Å². The topological polar surface area (TPSA) is 52.9 Å². The Hall–Kier alpha value is -1.04. The number of nitrogens with zero attached hydrogens (tertiary/aromatic N) is 1. The van der Waals surface area contributed by atoms with Crippen LogP contribution >= 0.6 is 0 Å². The normalized spacial score (nSPS) is 39.2. The highest BCUT2D eigenvalue weighted by molar-refractivity contribution is 5.86. The minimum absolute atomic E-state index is 0.0270. The highest BCUT2D eigenvalue weighted by Gasteiger charge is 2.49. The van der Waals surface area contributed by atoms with Gasteiger partial charge in [0.25, 0.3) is 0 Å². The van der Waals surface area contributed by atoms with Gasteiger partial charge in [0.05, 0.1) is 6.07 Å². The van der Waals surface area contributed by atoms with Crippen molar-refractivity contribution >= 4 is 5.91 Å². The first-order valence-electron chi connectivity index (χ1n) is 6.59. The fourth-order valence-corrected chi connectivity index (χ4v) is 3.34. The van der Waals surface area contributed by atoms with Gasteiger partial charge in [0.15, 0.2) is 0 Å². The van der Waals surface area contributed by atoms with E-state index in [-0.39, 0.29) is 11.9 Å². The third-order valence-corrected chi connectivity index (χ3v) is 4.35. The second kappa shape index (κ2) is 4.01. The van der Waals surface area contributed by atoms with Crippen molar-refractivity contribution in [2.45, 2.75) is 58.9 Å². The van der Waals surface area contributed by atoms with Crippen molar-refractivity contribution < 1.29 is 4.79 Å². The lowest BCUT2D eigenvalue weighted by Crippen LogP contribution is -2.50. The zero-order valence-electron chi connectivity index (χ0n) is 11.0. The lowest BCUT2D eigenvalue weighted by Gasteiger charge is -2.39. The summed E-state index contributed by atoms with van der Waals surface area (Å²) in [6.07, 6.45) is 4.70. The first-order valence-corrected chi connectivity index (χ1v) is 6.59. The van der Waals surface area contributed by atoms with Gasteiger partial charge >= 0.3 is 0 Å². The Morgan fingerprint density at radius 1 is 1.35 bits per heavy atom. The number of carbonyl (C=O) groups is 1. The summed E-state index contributed by atoms with van der Waals surface area (Å²) in [6, 6.07) is 2.50. The minimum Gasteiger partial charge on any atom is -0.352 e. The number of rotatable bonds is 2. The number of nitriles is 1. The zero-order chi connectivity index (χ0) is 12.7. The Morgan fingerprint density at radius 2 is 2.00 bits per heavy atom. The number of hydrogen-bond donors (Lipinski definition) is 1. The van der Waals surface area contributed by atoms with E-state index >= 15 is 0 Å². The molecule has 0 spiro atoms. The molecule has 0 radical (unpaired) electrons. The Morgan fingerprint density at radius 3 is 2.41 bits per heavy atom. The van der Waals surface area contributed by atoms with E-state index in [1.165, 1.54) is 0 Å². The van der Waals surface area contributed by atoms with Crippen LogP contribution in [0.15, 0.2) is 0 Å². The fraction of sp³-hybridized carbons (Fsp3) is 0.857. The SMILES string of the molecule is CC1CC(C#N)(C(=O)NC2CCC(C)(C)C2)C1. The van der Waals surface area contributed by atoms with Crippen molar-refractivity contribution in [3.63, 3.8) is 0 Å². The lowest BCUT2D eigenvalue weighted by atomic mass is 9.63. The van der Waals surface area contributed by atoms with Crippen molar-refractivity contribution in [2.24, 2.45) is 16.7 Å². The molecule has 0 aromatic carbocycles. The van der Waals surface area contributed by atoms with Crippen LogP contribution in [0.1, 0.15) is 52.9 Å². The monoisotopic (exact) mass is 234 g/mol. The van der Waals surface area contributed by atoms with Gasteiger partial charge in [-0.25, -0.2) is 0 Å². The molecule has 1 amide bonds. The molecule has 0 aromatic heterocycles. The summed E-state index contributed by atoms with van der Waals surface area (Å²) in [7, 11) is 0. The summed E-state index contributed by atoms with van der Waals surface area (Å²) in [5.74, 6) is 0.487. The van der Waals surface area contributed by atoms with Crippen molar-refractivity contribution in [2.75, 3.05) is 0 Å². The molecule has 1 N–H and O–H groups in total. The van der Waals surface area contributed by atoms with Crippen LogP contribution in [-0.2, 0) is 4.79 Å². The Bertz CT molecular complexity index is 361. The summed E-state index contributed by atoms with van der Waals surface area (Å²) in [5, 5.41) is 12.3. The molecule has 2 fully saturated rings. The summed E-state index contributed by atoms with van der Waals surface area (Å²) in [4.78, 5) is 12.2. The van der Waals surface area contributed by atoms with Gasteiger partial charge in [0, 0.05) is 6.04 Å². The molecule has 1 atom stereocenters. The maximum Gasteiger partial charge on any atom is 0.240 e. The highest BCUT2D eigenvalue weighted by atomic mass is 16.2. The van der Waals surface area contributed by atoms with Crippen LogP contribution in [0.5, 0.6) is 0 Å². The summed E-state index contributed by atoms with van der Waals surface area (Å²) < 4.78 is 0. The second-order valence-electron chi connectivity index (χ2n) is 6.78. The summed E-state index contributed by atoms with van der Waals surface area (Å²) in [5.41, 5.74) is -0.378. The maximum absolute atomic E-state index is 12.2. The smallest absolute Gasteiger partial charge is 0.240 e. The minimum atomic E-state index is -0.716. The van der Waals surface area contributed by atoms with Gasteiger partial charge in [0.2, 0.25) is 5.91 Å². The second-order valence-corrected chi connectivity index (χ2v) is 6.78. The van der Waals surface area contributed by atoms with Crippen LogP contribution in [-0.4, -0.2) is 11.9 Å². The first kappa shape index (κ1) is 12.4. The van der Waals surface area contributed by atoms with E-state index in [0.717, 1.165) is 32.1 Å². The van der Waals surface area contributed by atoms with Crippen LogP contribution in [0.25, 0.3) is 0 Å². The molecule has 2 rings (SSSR count). The van der Waals surface area contributed by atoms with E-state index in [2.05, 4.69) is 32.2 Å². The zero-order valence-corrected chi connectivity index (χ0v) is 11.0. The number of nitrogens with one attached hydrogen (secondary N) is 1. The Labute approximate surface area is 104 Å². The number of hydrogen-bond acceptors (Lipinski definition) is 2. The van der Waals surface area contributed by atoms with Crippen molar-refractivity contribution in [1.82, 2.24) is 5.32 Å². The van der Waals surface area contributed by atoms with E-state index in [9.17, 15) is 10.1 Å². The number of amides is 1. The van der Waals surface area contributed by atoms with Crippen LogP contribution in [0, 0.1) is 28.1 Å². The molecule has 0 aromatic rings. The first-order chi connectivity index (χ1) is 7.87. The van der Waals surface area contributed by atoms with Gasteiger partial charge in [-0.1, -0.05) is 20.8 Å².